The third-order valence-corrected chi connectivity index (χ3v) is 2.99. The molecule has 0 aromatic heterocycles. The summed E-state index contributed by atoms with van der Waals surface area (Å²) in [6.45, 7) is 3.38. The standard InChI is InChI=1S/C15H10Cl2F2O/c1-10(11-7-12(16)9-13(17)8-11)15(18,19)20-14-5-3-2-4-6-14/h2-9H,1H2. The van der Waals surface area contributed by atoms with Crippen molar-refractivity contribution in [2.45, 2.75) is 6.11 Å². The molecule has 104 valence electrons. The number of ether oxygens (including phenoxy) is 1. The number of hydrogen-bond donors (Lipinski definition) is 0. The summed E-state index contributed by atoms with van der Waals surface area (Å²) < 4.78 is 32.8. The molecule has 0 atom stereocenters. The highest BCUT2D eigenvalue weighted by molar-refractivity contribution is 6.34. The summed E-state index contributed by atoms with van der Waals surface area (Å²) in [5, 5.41) is 0.508. The molecule has 0 amide bonds. The molecule has 0 bridgehead atoms. The second-order valence-corrected chi connectivity index (χ2v) is 4.94. The quantitative estimate of drug-likeness (QED) is 0.705. The lowest BCUT2D eigenvalue weighted by atomic mass is 10.1. The lowest BCUT2D eigenvalue weighted by Crippen LogP contribution is -2.26. The molecule has 1 nitrogen and oxygen atoms in total. The van der Waals surface area contributed by atoms with E-state index in [0.717, 1.165) is 0 Å². The fraction of sp³-hybridized carbons (Fsp3) is 0.0667. The highest BCUT2D eigenvalue weighted by Crippen LogP contribution is 2.35. The maximum absolute atomic E-state index is 14.0. The maximum Gasteiger partial charge on any atom is 0.426 e. The number of benzene rings is 2. The molecule has 0 aliphatic heterocycles. The Morgan fingerprint density at radius 2 is 1.55 bits per heavy atom. The van der Waals surface area contributed by atoms with E-state index < -0.39 is 11.7 Å². The first-order valence-corrected chi connectivity index (χ1v) is 6.42. The van der Waals surface area contributed by atoms with Crippen LogP contribution in [0.15, 0.2) is 55.1 Å². The minimum atomic E-state index is -3.56. The van der Waals surface area contributed by atoms with Crippen LogP contribution in [0.5, 0.6) is 5.75 Å². The molecule has 2 aromatic carbocycles. The zero-order valence-corrected chi connectivity index (χ0v) is 11.8. The molecule has 0 spiro atoms. The van der Waals surface area contributed by atoms with Crippen LogP contribution in [-0.2, 0) is 0 Å². The predicted molar refractivity (Wildman–Crippen MR) is 77.5 cm³/mol. The molecule has 20 heavy (non-hydrogen) atoms. The van der Waals surface area contributed by atoms with E-state index in [1.54, 1.807) is 18.2 Å². The molecule has 0 aliphatic carbocycles. The van der Waals surface area contributed by atoms with E-state index in [9.17, 15) is 8.78 Å². The summed E-state index contributed by atoms with van der Waals surface area (Å²) in [7, 11) is 0. The molecule has 0 unspecified atom stereocenters. The van der Waals surface area contributed by atoms with Gasteiger partial charge in [0, 0.05) is 10.0 Å². The van der Waals surface area contributed by atoms with Crippen LogP contribution in [0.3, 0.4) is 0 Å². The van der Waals surface area contributed by atoms with Gasteiger partial charge in [-0.15, -0.1) is 0 Å². The predicted octanol–water partition coefficient (Wildman–Crippen LogP) is 5.68. The first kappa shape index (κ1) is 14.8. The Labute approximate surface area is 125 Å². The molecule has 2 rings (SSSR count). The number of halogens is 4. The smallest absolute Gasteiger partial charge is 0.426 e. The monoisotopic (exact) mass is 314 g/mol. The summed E-state index contributed by atoms with van der Waals surface area (Å²) in [5.74, 6) is 0.0479. The Morgan fingerprint density at radius 1 is 1.00 bits per heavy atom. The Balaban J connectivity index is 2.26. The number of para-hydroxylation sites is 1. The van der Waals surface area contributed by atoms with Crippen molar-refractivity contribution >= 4 is 28.8 Å². The second kappa shape index (κ2) is 5.81. The zero-order chi connectivity index (χ0) is 14.8. The van der Waals surface area contributed by atoms with E-state index in [-0.39, 0.29) is 21.4 Å². The van der Waals surface area contributed by atoms with E-state index in [2.05, 4.69) is 11.3 Å². The molecule has 0 radical (unpaired) electrons. The van der Waals surface area contributed by atoms with Gasteiger partial charge in [0.05, 0.1) is 5.57 Å². The van der Waals surface area contributed by atoms with Gasteiger partial charge in [-0.3, -0.25) is 0 Å². The normalized spacial score (nSPS) is 11.2. The van der Waals surface area contributed by atoms with Crippen LogP contribution in [0, 0.1) is 0 Å². The Kier molecular flexibility index (Phi) is 4.31. The summed E-state index contributed by atoms with van der Waals surface area (Å²) in [6.07, 6.45) is -3.56. The van der Waals surface area contributed by atoms with Gasteiger partial charge in [0.2, 0.25) is 0 Å². The van der Waals surface area contributed by atoms with Crippen LogP contribution in [0.25, 0.3) is 5.57 Å². The summed E-state index contributed by atoms with van der Waals surface area (Å²) >= 11 is 11.6. The third kappa shape index (κ3) is 3.50. The van der Waals surface area contributed by atoms with E-state index in [0.29, 0.717) is 0 Å². The second-order valence-electron chi connectivity index (χ2n) is 4.07. The molecule has 0 saturated carbocycles. The van der Waals surface area contributed by atoms with Gasteiger partial charge in [-0.2, -0.15) is 8.78 Å². The van der Waals surface area contributed by atoms with Crippen LogP contribution >= 0.6 is 23.2 Å². The Bertz CT molecular complexity index is 607. The fourth-order valence-corrected chi connectivity index (χ4v) is 2.12. The van der Waals surface area contributed by atoms with Crippen molar-refractivity contribution in [1.82, 2.24) is 0 Å². The van der Waals surface area contributed by atoms with Gasteiger partial charge >= 0.3 is 6.11 Å². The Morgan fingerprint density at radius 3 is 2.10 bits per heavy atom. The van der Waals surface area contributed by atoms with Gasteiger partial charge in [0.25, 0.3) is 0 Å². The summed E-state index contributed by atoms with van der Waals surface area (Å²) in [5.41, 5.74) is -0.380. The molecule has 5 heteroatoms. The van der Waals surface area contributed by atoms with Gasteiger partial charge < -0.3 is 4.74 Å². The summed E-state index contributed by atoms with van der Waals surface area (Å²) in [6, 6.07) is 12.0. The lowest BCUT2D eigenvalue weighted by Gasteiger charge is -2.20. The van der Waals surface area contributed by atoms with Crippen LogP contribution in [0.1, 0.15) is 5.56 Å². The molecule has 2 aromatic rings. The van der Waals surface area contributed by atoms with E-state index in [1.807, 2.05) is 0 Å². The molecule has 0 N–H and O–H groups in total. The highest BCUT2D eigenvalue weighted by atomic mass is 35.5. The van der Waals surface area contributed by atoms with E-state index in [4.69, 9.17) is 23.2 Å². The highest BCUT2D eigenvalue weighted by Gasteiger charge is 2.36. The van der Waals surface area contributed by atoms with Crippen molar-refractivity contribution in [3.05, 3.63) is 70.7 Å². The SMILES string of the molecule is C=C(c1cc(Cl)cc(Cl)c1)C(F)(F)Oc1ccccc1. The van der Waals surface area contributed by atoms with Crippen molar-refractivity contribution < 1.29 is 13.5 Å². The first-order chi connectivity index (χ1) is 9.38. The van der Waals surface area contributed by atoms with E-state index >= 15 is 0 Å². The van der Waals surface area contributed by atoms with Gasteiger partial charge in [0.1, 0.15) is 5.75 Å². The van der Waals surface area contributed by atoms with Crippen LogP contribution in [-0.4, -0.2) is 6.11 Å². The lowest BCUT2D eigenvalue weighted by molar-refractivity contribution is -0.121. The largest absolute Gasteiger partial charge is 0.429 e. The molecule has 0 heterocycles. The maximum atomic E-state index is 14.0. The molecule has 0 aliphatic rings. The Hall–Kier alpha value is -1.58. The van der Waals surface area contributed by atoms with Crippen molar-refractivity contribution in [3.63, 3.8) is 0 Å². The first-order valence-electron chi connectivity index (χ1n) is 5.66. The van der Waals surface area contributed by atoms with Gasteiger partial charge in [0.15, 0.2) is 0 Å². The average molecular weight is 315 g/mol. The molecular weight excluding hydrogens is 305 g/mol. The number of hydrogen-bond acceptors (Lipinski definition) is 1. The fourth-order valence-electron chi connectivity index (χ4n) is 1.59. The number of alkyl halides is 2. The average Bonchev–Trinajstić information content (AvgIpc) is 2.37. The zero-order valence-electron chi connectivity index (χ0n) is 10.2. The van der Waals surface area contributed by atoms with Crippen molar-refractivity contribution in [1.29, 1.82) is 0 Å². The minimum Gasteiger partial charge on any atom is -0.429 e. The van der Waals surface area contributed by atoms with Gasteiger partial charge in [-0.25, -0.2) is 0 Å². The van der Waals surface area contributed by atoms with Crippen molar-refractivity contribution in [2.24, 2.45) is 0 Å². The molecule has 0 saturated heterocycles. The summed E-state index contributed by atoms with van der Waals surface area (Å²) in [4.78, 5) is 0. The molecule has 0 fully saturated rings. The van der Waals surface area contributed by atoms with Gasteiger partial charge in [-0.1, -0.05) is 48.0 Å². The van der Waals surface area contributed by atoms with Crippen LogP contribution in [0.2, 0.25) is 10.0 Å². The van der Waals surface area contributed by atoms with Crippen LogP contribution < -0.4 is 4.74 Å². The minimum absolute atomic E-state index is 0.0479. The topological polar surface area (TPSA) is 9.23 Å². The van der Waals surface area contributed by atoms with Crippen molar-refractivity contribution in [2.75, 3.05) is 0 Å². The van der Waals surface area contributed by atoms with E-state index in [1.165, 1.54) is 30.3 Å². The molecular formula is C15H10Cl2F2O. The third-order valence-electron chi connectivity index (χ3n) is 2.55. The number of rotatable bonds is 4. The van der Waals surface area contributed by atoms with Gasteiger partial charge in [-0.05, 0) is 35.9 Å². The van der Waals surface area contributed by atoms with Crippen LogP contribution in [0.4, 0.5) is 8.78 Å². The van der Waals surface area contributed by atoms with Crippen molar-refractivity contribution in [3.8, 4) is 5.75 Å².